The first kappa shape index (κ1) is 33.1. The summed E-state index contributed by atoms with van der Waals surface area (Å²) in [6, 6.07) is 11.6. The number of nitrogens with one attached hydrogen (secondary N) is 1. The summed E-state index contributed by atoms with van der Waals surface area (Å²) in [5, 5.41) is 10.3. The van der Waals surface area contributed by atoms with Crippen molar-refractivity contribution >= 4 is 52.6 Å². The minimum absolute atomic E-state index is 0.0141. The highest BCUT2D eigenvalue weighted by molar-refractivity contribution is 7.99. The molecule has 0 radical (unpaired) electrons. The number of urea groups is 1. The number of carbonyl (C=O) groups excluding carboxylic acids is 2. The molecule has 1 atom stereocenters. The van der Waals surface area contributed by atoms with Crippen molar-refractivity contribution < 1.29 is 23.1 Å². The van der Waals surface area contributed by atoms with Crippen molar-refractivity contribution in [2.24, 2.45) is 0 Å². The lowest BCUT2D eigenvalue weighted by atomic mass is 9.88. The number of carbonyl (C=O) groups is 2. The maximum absolute atomic E-state index is 14.5. The van der Waals surface area contributed by atoms with Gasteiger partial charge in [0.1, 0.15) is 11.3 Å². The van der Waals surface area contributed by atoms with Crippen LogP contribution in [0.5, 0.6) is 5.75 Å². The van der Waals surface area contributed by atoms with Crippen LogP contribution in [-0.4, -0.2) is 53.0 Å². The number of aromatic nitrogens is 1. The van der Waals surface area contributed by atoms with E-state index in [1.807, 2.05) is 4.90 Å². The Morgan fingerprint density at radius 1 is 1.19 bits per heavy atom. The van der Waals surface area contributed by atoms with Crippen LogP contribution in [0.4, 0.5) is 19.3 Å². The third-order valence-electron chi connectivity index (χ3n) is 8.93. The molecular formula is C33H31Cl2F2N5O4S. The third kappa shape index (κ3) is 5.94. The highest BCUT2D eigenvalue weighted by Gasteiger charge is 2.47. The number of nitriles is 1. The quantitative estimate of drug-likeness (QED) is 0.260. The van der Waals surface area contributed by atoms with Gasteiger partial charge in [0, 0.05) is 42.4 Å². The summed E-state index contributed by atoms with van der Waals surface area (Å²) >= 11 is 13.6. The number of rotatable bonds is 8. The Hall–Kier alpha value is -3.79. The summed E-state index contributed by atoms with van der Waals surface area (Å²) in [6.07, 6.45) is 2.59. The maximum atomic E-state index is 14.5. The van der Waals surface area contributed by atoms with Crippen LogP contribution in [0.15, 0.2) is 51.0 Å². The molecule has 246 valence electrons. The molecule has 3 heterocycles. The fourth-order valence-corrected chi connectivity index (χ4v) is 7.96. The second-order valence-electron chi connectivity index (χ2n) is 12.2. The van der Waals surface area contributed by atoms with Gasteiger partial charge in [0.05, 0.1) is 46.6 Å². The zero-order valence-corrected chi connectivity index (χ0v) is 28.2. The van der Waals surface area contributed by atoms with E-state index in [1.165, 1.54) is 12.0 Å². The van der Waals surface area contributed by atoms with Crippen LogP contribution in [0.3, 0.4) is 0 Å². The summed E-state index contributed by atoms with van der Waals surface area (Å²) in [4.78, 5) is 48.9. The first-order valence-electron chi connectivity index (χ1n) is 15.0. The molecule has 3 aliphatic rings. The van der Waals surface area contributed by atoms with Gasteiger partial charge in [-0.25, -0.2) is 13.6 Å². The Bertz CT molecular complexity index is 1870. The van der Waals surface area contributed by atoms with E-state index in [2.05, 4.69) is 11.1 Å². The molecule has 0 bridgehead atoms. The van der Waals surface area contributed by atoms with E-state index < -0.39 is 34.2 Å². The van der Waals surface area contributed by atoms with E-state index in [-0.39, 0.29) is 44.9 Å². The lowest BCUT2D eigenvalue weighted by Crippen LogP contribution is -2.50. The molecule has 0 unspecified atom stereocenters. The molecule has 2 aromatic carbocycles. The number of ether oxygens (including phenoxy) is 1. The highest BCUT2D eigenvalue weighted by Crippen LogP contribution is 2.48. The van der Waals surface area contributed by atoms with Gasteiger partial charge in [0.15, 0.2) is 0 Å². The fourth-order valence-electron chi connectivity index (χ4n) is 6.32. The molecule has 1 aromatic heterocycles. The molecule has 6 rings (SSSR count). The SMILES string of the molecule is COc1cc2c(cc1N1CCCN(C3CC3)C1=O)CN(C(=O)c1c(Sc3c(Cl)cccc3Cl)cc(C(C)(F)F)[nH]c1=O)[C@]2(C)CC#N. The van der Waals surface area contributed by atoms with E-state index in [4.69, 9.17) is 27.9 Å². The second kappa shape index (κ2) is 12.3. The van der Waals surface area contributed by atoms with Crippen LogP contribution in [0, 0.1) is 11.3 Å². The zero-order valence-electron chi connectivity index (χ0n) is 25.8. The lowest BCUT2D eigenvalue weighted by molar-refractivity contribution is 0.0121. The van der Waals surface area contributed by atoms with Gasteiger partial charge in [-0.2, -0.15) is 5.26 Å². The minimum Gasteiger partial charge on any atom is -0.495 e. The van der Waals surface area contributed by atoms with Crippen LogP contribution in [-0.2, 0) is 18.0 Å². The molecule has 47 heavy (non-hydrogen) atoms. The lowest BCUT2D eigenvalue weighted by Gasteiger charge is -2.37. The molecule has 2 aliphatic heterocycles. The van der Waals surface area contributed by atoms with Crippen molar-refractivity contribution in [1.29, 1.82) is 5.26 Å². The van der Waals surface area contributed by atoms with Gasteiger partial charge in [0.25, 0.3) is 17.4 Å². The average molecular weight is 703 g/mol. The molecule has 3 amide bonds. The summed E-state index contributed by atoms with van der Waals surface area (Å²) in [6.45, 7) is 3.51. The molecule has 1 saturated heterocycles. The molecule has 1 saturated carbocycles. The van der Waals surface area contributed by atoms with Gasteiger partial charge in [-0.15, -0.1) is 0 Å². The fraction of sp³-hybridized carbons (Fsp3) is 0.394. The molecule has 1 N–H and O–H groups in total. The Morgan fingerprint density at radius 3 is 2.51 bits per heavy atom. The van der Waals surface area contributed by atoms with Crippen LogP contribution in [0.1, 0.15) is 66.7 Å². The molecule has 1 aliphatic carbocycles. The highest BCUT2D eigenvalue weighted by atomic mass is 35.5. The van der Waals surface area contributed by atoms with Gasteiger partial charge < -0.3 is 19.5 Å². The monoisotopic (exact) mass is 701 g/mol. The van der Waals surface area contributed by atoms with Crippen molar-refractivity contribution in [3.05, 3.63) is 79.2 Å². The predicted molar refractivity (Wildman–Crippen MR) is 175 cm³/mol. The van der Waals surface area contributed by atoms with Crippen LogP contribution in [0.25, 0.3) is 0 Å². The smallest absolute Gasteiger partial charge is 0.324 e. The van der Waals surface area contributed by atoms with Crippen molar-refractivity contribution in [2.75, 3.05) is 25.1 Å². The number of anilines is 1. The molecule has 2 fully saturated rings. The maximum Gasteiger partial charge on any atom is 0.324 e. The van der Waals surface area contributed by atoms with Crippen LogP contribution in [0.2, 0.25) is 10.0 Å². The van der Waals surface area contributed by atoms with Gasteiger partial charge in [0.2, 0.25) is 0 Å². The molecule has 3 aromatic rings. The number of aromatic amines is 1. The topological polar surface area (TPSA) is 110 Å². The number of H-pyrrole nitrogens is 1. The van der Waals surface area contributed by atoms with E-state index in [0.717, 1.165) is 37.1 Å². The van der Waals surface area contributed by atoms with Gasteiger partial charge in [-0.3, -0.25) is 14.5 Å². The summed E-state index contributed by atoms with van der Waals surface area (Å²) < 4.78 is 34.8. The van der Waals surface area contributed by atoms with Crippen molar-refractivity contribution in [2.45, 2.75) is 73.4 Å². The third-order valence-corrected chi connectivity index (χ3v) is 11.0. The van der Waals surface area contributed by atoms with Gasteiger partial charge >= 0.3 is 6.03 Å². The number of alkyl halides is 2. The number of amides is 3. The first-order chi connectivity index (χ1) is 22.3. The summed E-state index contributed by atoms with van der Waals surface area (Å²) in [7, 11) is 1.49. The molecular weight excluding hydrogens is 671 g/mol. The minimum atomic E-state index is -3.42. The summed E-state index contributed by atoms with van der Waals surface area (Å²) in [5.41, 5.74) is -1.50. The van der Waals surface area contributed by atoms with E-state index >= 15 is 0 Å². The van der Waals surface area contributed by atoms with Crippen molar-refractivity contribution in [1.82, 2.24) is 14.8 Å². The molecule has 9 nitrogen and oxygen atoms in total. The Balaban J connectivity index is 1.44. The predicted octanol–water partition coefficient (Wildman–Crippen LogP) is 7.53. The zero-order chi connectivity index (χ0) is 33.8. The van der Waals surface area contributed by atoms with E-state index in [0.29, 0.717) is 42.6 Å². The first-order valence-corrected chi connectivity index (χ1v) is 16.6. The number of hydrogen-bond donors (Lipinski definition) is 1. The number of methoxy groups -OCH3 is 1. The number of halogens is 4. The standard InChI is InChI=1S/C33H31Cl2F2N5O4S/c1-32(10-11-38)20-15-24(46-3)23(41-13-5-12-40(31(41)45)19-8-9-19)14-18(20)17-42(32)30(44)27-25(16-26(33(2,36)37)39-29(27)43)47-28-21(34)6-4-7-22(28)35/h4,6-7,14-16,19H,5,8-10,12-13,17H2,1-3H3,(H,39,43)/t32-/m1/s1. The number of fused-ring (bicyclic) bond motifs is 1. The van der Waals surface area contributed by atoms with E-state index in [1.54, 1.807) is 42.2 Å². The van der Waals surface area contributed by atoms with Crippen molar-refractivity contribution in [3.63, 3.8) is 0 Å². The van der Waals surface area contributed by atoms with Gasteiger partial charge in [-0.1, -0.05) is 41.0 Å². The Morgan fingerprint density at radius 2 is 1.89 bits per heavy atom. The Labute approximate surface area is 284 Å². The van der Waals surface area contributed by atoms with E-state index in [9.17, 15) is 28.4 Å². The number of pyridine rings is 1. The normalized spacial score (nSPS) is 19.5. The second-order valence-corrected chi connectivity index (χ2v) is 14.1. The number of benzene rings is 2. The summed E-state index contributed by atoms with van der Waals surface area (Å²) in [5.74, 6) is -3.79. The Kier molecular flexibility index (Phi) is 8.70. The largest absolute Gasteiger partial charge is 0.495 e. The molecule has 0 spiro atoms. The van der Waals surface area contributed by atoms with Crippen LogP contribution < -0.4 is 15.2 Å². The number of nitrogens with zero attached hydrogens (tertiary/aromatic N) is 4. The van der Waals surface area contributed by atoms with Crippen molar-refractivity contribution in [3.8, 4) is 11.8 Å². The van der Waals surface area contributed by atoms with Crippen LogP contribution >= 0.6 is 35.0 Å². The number of hydrogen-bond acceptors (Lipinski definition) is 6. The van der Waals surface area contributed by atoms with Gasteiger partial charge in [-0.05, 0) is 67.6 Å². The molecule has 14 heteroatoms. The average Bonchev–Trinajstić information content (AvgIpc) is 3.82.